The number of nitrogens with zero attached hydrogens (tertiary/aromatic N) is 1. The summed E-state index contributed by atoms with van der Waals surface area (Å²) in [7, 11) is 1.81. The van der Waals surface area contributed by atoms with Gasteiger partial charge in [-0.1, -0.05) is 6.92 Å². The van der Waals surface area contributed by atoms with Crippen molar-refractivity contribution in [3.63, 3.8) is 0 Å². The van der Waals surface area contributed by atoms with E-state index >= 15 is 0 Å². The van der Waals surface area contributed by atoms with Gasteiger partial charge in [0.2, 0.25) is 0 Å². The number of rotatable bonds is 1. The maximum atomic E-state index is 11.6. The number of pyridine rings is 1. The maximum Gasteiger partial charge on any atom is 0.340 e. The van der Waals surface area contributed by atoms with E-state index in [0.717, 1.165) is 11.5 Å². The van der Waals surface area contributed by atoms with Crippen LogP contribution in [0.3, 0.4) is 0 Å². The van der Waals surface area contributed by atoms with Crippen LogP contribution in [-0.2, 0) is 4.74 Å². The Morgan fingerprint density at radius 2 is 2.13 bits per heavy atom. The van der Waals surface area contributed by atoms with Crippen molar-refractivity contribution in [1.29, 1.82) is 0 Å². The van der Waals surface area contributed by atoms with Crippen molar-refractivity contribution < 1.29 is 9.53 Å². The molecule has 1 aromatic heterocycles. The number of carbonyl (C=O) groups is 1. The van der Waals surface area contributed by atoms with Gasteiger partial charge in [-0.2, -0.15) is 0 Å². The molecule has 4 nitrogen and oxygen atoms in total. The van der Waals surface area contributed by atoms with Gasteiger partial charge in [-0.05, 0) is 19.1 Å². The lowest BCUT2D eigenvalue weighted by atomic mass is 9.94. The number of fused-ring (bicyclic) bond motifs is 1. The van der Waals surface area contributed by atoms with Gasteiger partial charge in [0.15, 0.2) is 0 Å². The first-order valence-electron chi connectivity index (χ1n) is 5.03. The summed E-state index contributed by atoms with van der Waals surface area (Å²) >= 11 is 0. The van der Waals surface area contributed by atoms with Crippen LogP contribution in [0.5, 0.6) is 0 Å². The van der Waals surface area contributed by atoms with Crippen molar-refractivity contribution in [3.05, 3.63) is 23.4 Å². The first-order valence-corrected chi connectivity index (χ1v) is 5.03. The maximum absolute atomic E-state index is 11.6. The summed E-state index contributed by atoms with van der Waals surface area (Å²) in [6.07, 6.45) is -0.107. The first kappa shape index (κ1) is 9.96. The molecule has 0 bridgehead atoms. The molecular formula is C11H14N2O2. The third kappa shape index (κ3) is 1.56. The van der Waals surface area contributed by atoms with Crippen LogP contribution in [0.4, 0.5) is 5.82 Å². The van der Waals surface area contributed by atoms with Gasteiger partial charge in [-0.25, -0.2) is 9.78 Å². The van der Waals surface area contributed by atoms with Crippen LogP contribution in [0.25, 0.3) is 0 Å². The lowest BCUT2D eigenvalue weighted by Gasteiger charge is -2.27. The predicted molar refractivity (Wildman–Crippen MR) is 57.1 cm³/mol. The van der Waals surface area contributed by atoms with Crippen molar-refractivity contribution >= 4 is 11.8 Å². The van der Waals surface area contributed by atoms with Gasteiger partial charge in [0.25, 0.3) is 0 Å². The standard InChI is InChI=1S/C11H14N2O2/c1-6-7(2)15-11(14)8-4-5-9(12-3)13-10(6)8/h4-7H,1-3H3,(H,12,13)/t6-,7+/m0/s1. The fourth-order valence-corrected chi connectivity index (χ4v) is 1.69. The molecule has 2 atom stereocenters. The Morgan fingerprint density at radius 3 is 2.80 bits per heavy atom. The highest BCUT2D eigenvalue weighted by Crippen LogP contribution is 2.30. The Labute approximate surface area is 88.7 Å². The van der Waals surface area contributed by atoms with Gasteiger partial charge in [0, 0.05) is 13.0 Å². The normalized spacial score (nSPS) is 24.3. The molecule has 0 radical (unpaired) electrons. The molecule has 4 heteroatoms. The average molecular weight is 206 g/mol. The fourth-order valence-electron chi connectivity index (χ4n) is 1.69. The van der Waals surface area contributed by atoms with E-state index in [-0.39, 0.29) is 18.0 Å². The van der Waals surface area contributed by atoms with Gasteiger partial charge in [0.1, 0.15) is 11.9 Å². The highest BCUT2D eigenvalue weighted by molar-refractivity contribution is 5.92. The number of anilines is 1. The van der Waals surface area contributed by atoms with Crippen LogP contribution in [0.2, 0.25) is 0 Å². The van der Waals surface area contributed by atoms with Crippen LogP contribution < -0.4 is 5.32 Å². The molecule has 0 saturated carbocycles. The van der Waals surface area contributed by atoms with Crippen LogP contribution in [-0.4, -0.2) is 24.1 Å². The quantitative estimate of drug-likeness (QED) is 0.712. The summed E-state index contributed by atoms with van der Waals surface area (Å²) in [5, 5.41) is 2.96. The molecule has 1 aliphatic rings. The number of aromatic nitrogens is 1. The summed E-state index contributed by atoms with van der Waals surface area (Å²) in [4.78, 5) is 16.0. The lowest BCUT2D eigenvalue weighted by Crippen LogP contribution is -2.29. The number of hydrogen-bond donors (Lipinski definition) is 1. The van der Waals surface area contributed by atoms with Crippen molar-refractivity contribution in [2.24, 2.45) is 0 Å². The van der Waals surface area contributed by atoms with E-state index < -0.39 is 0 Å². The molecule has 1 aliphatic heterocycles. The molecule has 80 valence electrons. The van der Waals surface area contributed by atoms with Crippen LogP contribution in [0.1, 0.15) is 35.8 Å². The number of carbonyl (C=O) groups excluding carboxylic acids is 1. The molecule has 15 heavy (non-hydrogen) atoms. The van der Waals surface area contributed by atoms with Crippen LogP contribution in [0, 0.1) is 0 Å². The fraction of sp³-hybridized carbons (Fsp3) is 0.455. The molecule has 0 saturated heterocycles. The van der Waals surface area contributed by atoms with Crippen molar-refractivity contribution in [1.82, 2.24) is 4.98 Å². The third-order valence-electron chi connectivity index (χ3n) is 2.83. The number of nitrogens with one attached hydrogen (secondary N) is 1. The molecular weight excluding hydrogens is 192 g/mol. The summed E-state index contributed by atoms with van der Waals surface area (Å²) in [5.74, 6) is 0.652. The van der Waals surface area contributed by atoms with Gasteiger partial charge in [-0.15, -0.1) is 0 Å². The minimum atomic E-state index is -0.272. The molecule has 1 aromatic rings. The highest BCUT2D eigenvalue weighted by Gasteiger charge is 2.31. The largest absolute Gasteiger partial charge is 0.458 e. The van der Waals surface area contributed by atoms with E-state index in [1.165, 1.54) is 0 Å². The second kappa shape index (κ2) is 3.53. The zero-order valence-electron chi connectivity index (χ0n) is 9.07. The topological polar surface area (TPSA) is 51.2 Å². The smallest absolute Gasteiger partial charge is 0.340 e. The Balaban J connectivity index is 2.51. The molecule has 2 heterocycles. The zero-order chi connectivity index (χ0) is 11.0. The average Bonchev–Trinajstić information content (AvgIpc) is 2.25. The van der Waals surface area contributed by atoms with Crippen LogP contribution >= 0.6 is 0 Å². The van der Waals surface area contributed by atoms with Crippen LogP contribution in [0.15, 0.2) is 12.1 Å². The SMILES string of the molecule is CNc1ccc2c(n1)[C@@H](C)[C@@H](C)OC2=O. The first-order chi connectivity index (χ1) is 7.13. The minimum Gasteiger partial charge on any atom is -0.458 e. The number of esters is 1. The van der Waals surface area contributed by atoms with E-state index in [9.17, 15) is 4.79 Å². The number of ether oxygens (including phenoxy) is 1. The van der Waals surface area contributed by atoms with Gasteiger partial charge in [-0.3, -0.25) is 0 Å². The molecule has 0 amide bonds. The van der Waals surface area contributed by atoms with Gasteiger partial charge in [0.05, 0.1) is 11.3 Å². The Hall–Kier alpha value is -1.58. The minimum absolute atomic E-state index is 0.107. The summed E-state index contributed by atoms with van der Waals surface area (Å²) < 4.78 is 5.20. The van der Waals surface area contributed by atoms with Gasteiger partial charge >= 0.3 is 5.97 Å². The Kier molecular flexibility index (Phi) is 2.34. The highest BCUT2D eigenvalue weighted by atomic mass is 16.5. The second-order valence-electron chi connectivity index (χ2n) is 3.78. The molecule has 2 rings (SSSR count). The van der Waals surface area contributed by atoms with Crippen molar-refractivity contribution in [2.75, 3.05) is 12.4 Å². The molecule has 0 fully saturated rings. The Morgan fingerprint density at radius 1 is 1.40 bits per heavy atom. The molecule has 0 spiro atoms. The van der Waals surface area contributed by atoms with Gasteiger partial charge < -0.3 is 10.1 Å². The number of cyclic esters (lactones) is 1. The van der Waals surface area contributed by atoms with E-state index in [1.54, 1.807) is 12.1 Å². The summed E-state index contributed by atoms with van der Waals surface area (Å²) in [6.45, 7) is 3.90. The van der Waals surface area contributed by atoms with Crippen molar-refractivity contribution in [2.45, 2.75) is 25.9 Å². The lowest BCUT2D eigenvalue weighted by molar-refractivity contribution is 0.0235. The summed E-state index contributed by atoms with van der Waals surface area (Å²) in [5.41, 5.74) is 1.41. The number of hydrogen-bond acceptors (Lipinski definition) is 4. The molecule has 0 unspecified atom stereocenters. The van der Waals surface area contributed by atoms with E-state index in [2.05, 4.69) is 10.3 Å². The molecule has 0 aromatic carbocycles. The second-order valence-corrected chi connectivity index (χ2v) is 3.78. The Bertz CT molecular complexity index is 404. The molecule has 1 N–H and O–H groups in total. The predicted octanol–water partition coefficient (Wildman–Crippen LogP) is 1.79. The van der Waals surface area contributed by atoms with E-state index in [1.807, 2.05) is 20.9 Å². The third-order valence-corrected chi connectivity index (χ3v) is 2.83. The van der Waals surface area contributed by atoms with E-state index in [0.29, 0.717) is 5.56 Å². The zero-order valence-corrected chi connectivity index (χ0v) is 9.07. The van der Waals surface area contributed by atoms with Crippen molar-refractivity contribution in [3.8, 4) is 0 Å². The summed E-state index contributed by atoms with van der Waals surface area (Å²) in [6, 6.07) is 3.54. The van der Waals surface area contributed by atoms with E-state index in [4.69, 9.17) is 4.74 Å². The monoisotopic (exact) mass is 206 g/mol. The molecule has 0 aliphatic carbocycles.